The molecule has 4 rings (SSSR count). The summed E-state index contributed by atoms with van der Waals surface area (Å²) in [6, 6.07) is 13.7. The van der Waals surface area contributed by atoms with E-state index in [4.69, 9.17) is 4.99 Å². The standard InChI is InChI=1S/C23H24N4O2S/c1-5-12-27-21(28)20(30-22(27)24-17-9-6-15(2)7-10-17)14-16-8-11-18-19(13-16)26(4)23(29)25(18)3/h6-11,13-14H,5,12H2,1-4H3/b20-14+,24-22?. The highest BCUT2D eigenvalue weighted by atomic mass is 32.2. The third-order valence-corrected chi connectivity index (χ3v) is 6.19. The van der Waals surface area contributed by atoms with Gasteiger partial charge in [0.1, 0.15) is 0 Å². The molecular weight excluding hydrogens is 396 g/mol. The minimum Gasteiger partial charge on any atom is -0.295 e. The molecule has 0 spiro atoms. The second-order valence-electron chi connectivity index (χ2n) is 7.45. The molecule has 0 saturated carbocycles. The molecule has 0 unspecified atom stereocenters. The molecule has 1 fully saturated rings. The molecule has 1 saturated heterocycles. The molecule has 3 aromatic rings. The third kappa shape index (κ3) is 3.61. The topological polar surface area (TPSA) is 59.6 Å². The van der Waals surface area contributed by atoms with Gasteiger partial charge in [-0.2, -0.15) is 0 Å². The number of amidine groups is 1. The fourth-order valence-electron chi connectivity index (χ4n) is 3.51. The van der Waals surface area contributed by atoms with Crippen molar-refractivity contribution in [3.63, 3.8) is 0 Å². The van der Waals surface area contributed by atoms with E-state index in [0.29, 0.717) is 16.6 Å². The zero-order chi connectivity index (χ0) is 21.4. The maximum absolute atomic E-state index is 13.0. The van der Waals surface area contributed by atoms with Crippen LogP contribution in [0, 0.1) is 6.92 Å². The number of aryl methyl sites for hydroxylation is 3. The van der Waals surface area contributed by atoms with Crippen molar-refractivity contribution in [1.29, 1.82) is 0 Å². The van der Waals surface area contributed by atoms with Crippen LogP contribution in [0.5, 0.6) is 0 Å². The average molecular weight is 421 g/mol. The quantitative estimate of drug-likeness (QED) is 0.595. The number of imidazole rings is 1. The van der Waals surface area contributed by atoms with Crippen LogP contribution in [0.25, 0.3) is 17.1 Å². The SMILES string of the molecule is CCCN1C(=O)/C(=C\c2ccc3c(c2)n(C)c(=O)n3C)SC1=Nc1ccc(C)cc1. The van der Waals surface area contributed by atoms with Crippen LogP contribution in [-0.4, -0.2) is 31.7 Å². The van der Waals surface area contributed by atoms with Crippen molar-refractivity contribution in [2.24, 2.45) is 19.1 Å². The van der Waals surface area contributed by atoms with E-state index in [1.54, 1.807) is 28.1 Å². The van der Waals surface area contributed by atoms with Crippen LogP contribution in [0.4, 0.5) is 5.69 Å². The van der Waals surface area contributed by atoms with Gasteiger partial charge in [-0.3, -0.25) is 18.8 Å². The van der Waals surface area contributed by atoms with E-state index in [1.165, 1.54) is 17.3 Å². The lowest BCUT2D eigenvalue weighted by Gasteiger charge is -2.13. The Bertz CT molecular complexity index is 1250. The number of hydrogen-bond donors (Lipinski definition) is 0. The van der Waals surface area contributed by atoms with Gasteiger partial charge in [0, 0.05) is 20.6 Å². The van der Waals surface area contributed by atoms with E-state index in [2.05, 4.69) is 0 Å². The minimum atomic E-state index is -0.0669. The Hall–Kier alpha value is -3.06. The number of thioether (sulfide) groups is 1. The Kier molecular flexibility index (Phi) is 5.39. The maximum atomic E-state index is 13.0. The zero-order valence-electron chi connectivity index (χ0n) is 17.5. The van der Waals surface area contributed by atoms with Gasteiger partial charge in [-0.05, 0) is 61.0 Å². The molecule has 2 aromatic carbocycles. The molecule has 1 aromatic heterocycles. The van der Waals surface area contributed by atoms with E-state index < -0.39 is 0 Å². The fourth-order valence-corrected chi connectivity index (χ4v) is 4.53. The first-order valence-corrected chi connectivity index (χ1v) is 10.7. The van der Waals surface area contributed by atoms with Crippen molar-refractivity contribution < 1.29 is 4.79 Å². The van der Waals surface area contributed by atoms with Gasteiger partial charge >= 0.3 is 5.69 Å². The Balaban J connectivity index is 1.72. The molecule has 154 valence electrons. The third-order valence-electron chi connectivity index (χ3n) is 5.19. The Morgan fingerprint density at radius 2 is 1.70 bits per heavy atom. The lowest BCUT2D eigenvalue weighted by atomic mass is 10.2. The van der Waals surface area contributed by atoms with Crippen molar-refractivity contribution in [3.05, 3.63) is 69.0 Å². The predicted octanol–water partition coefficient (Wildman–Crippen LogP) is 4.20. The molecule has 0 bridgehead atoms. The van der Waals surface area contributed by atoms with Crippen LogP contribution in [0.2, 0.25) is 0 Å². The van der Waals surface area contributed by atoms with Crippen molar-refractivity contribution >= 4 is 45.6 Å². The first-order valence-electron chi connectivity index (χ1n) is 9.91. The Labute approximate surface area is 179 Å². The molecule has 0 radical (unpaired) electrons. The number of amides is 1. The monoisotopic (exact) mass is 420 g/mol. The molecule has 0 N–H and O–H groups in total. The molecule has 0 atom stereocenters. The Morgan fingerprint density at radius 1 is 1.00 bits per heavy atom. The van der Waals surface area contributed by atoms with E-state index in [-0.39, 0.29) is 11.6 Å². The number of carbonyl (C=O) groups excluding carboxylic acids is 1. The average Bonchev–Trinajstić information content (AvgIpc) is 3.13. The summed E-state index contributed by atoms with van der Waals surface area (Å²) in [6.45, 7) is 4.71. The van der Waals surface area contributed by atoms with Gasteiger partial charge in [-0.25, -0.2) is 9.79 Å². The summed E-state index contributed by atoms with van der Waals surface area (Å²) < 4.78 is 3.24. The lowest BCUT2D eigenvalue weighted by molar-refractivity contribution is -0.122. The van der Waals surface area contributed by atoms with Crippen LogP contribution < -0.4 is 5.69 Å². The summed E-state index contributed by atoms with van der Waals surface area (Å²) in [6.07, 6.45) is 2.73. The van der Waals surface area contributed by atoms with Crippen LogP contribution in [0.3, 0.4) is 0 Å². The second-order valence-corrected chi connectivity index (χ2v) is 8.46. The van der Waals surface area contributed by atoms with Gasteiger partial charge in [0.25, 0.3) is 5.91 Å². The van der Waals surface area contributed by atoms with Gasteiger partial charge in [0.05, 0.1) is 21.6 Å². The zero-order valence-corrected chi connectivity index (χ0v) is 18.4. The molecule has 30 heavy (non-hydrogen) atoms. The van der Waals surface area contributed by atoms with Crippen molar-refractivity contribution in [2.45, 2.75) is 20.3 Å². The summed E-state index contributed by atoms with van der Waals surface area (Å²) in [5.74, 6) is -0.0326. The summed E-state index contributed by atoms with van der Waals surface area (Å²) in [5, 5.41) is 0.699. The molecule has 6 nitrogen and oxygen atoms in total. The predicted molar refractivity (Wildman–Crippen MR) is 124 cm³/mol. The molecule has 1 amide bonds. The normalized spacial score (nSPS) is 17.1. The molecule has 7 heteroatoms. The summed E-state index contributed by atoms with van der Waals surface area (Å²) in [4.78, 5) is 32.3. The summed E-state index contributed by atoms with van der Waals surface area (Å²) in [7, 11) is 3.52. The van der Waals surface area contributed by atoms with Crippen molar-refractivity contribution in [1.82, 2.24) is 14.0 Å². The van der Waals surface area contributed by atoms with E-state index in [0.717, 1.165) is 28.7 Å². The smallest absolute Gasteiger partial charge is 0.295 e. The summed E-state index contributed by atoms with van der Waals surface area (Å²) >= 11 is 1.39. The highest BCUT2D eigenvalue weighted by Crippen LogP contribution is 2.34. The molecule has 1 aliphatic heterocycles. The number of aromatic nitrogens is 2. The van der Waals surface area contributed by atoms with Crippen LogP contribution in [0.15, 0.2) is 57.2 Å². The van der Waals surface area contributed by atoms with E-state index in [1.807, 2.05) is 62.4 Å². The second kappa shape index (κ2) is 7.99. The van der Waals surface area contributed by atoms with Gasteiger partial charge < -0.3 is 0 Å². The number of aliphatic imine (C=N–C) groups is 1. The fraction of sp³-hybridized carbons (Fsp3) is 0.261. The molecular formula is C23H24N4O2S. The molecule has 2 heterocycles. The van der Waals surface area contributed by atoms with Crippen LogP contribution >= 0.6 is 11.8 Å². The Morgan fingerprint density at radius 3 is 2.40 bits per heavy atom. The number of rotatable bonds is 4. The number of benzene rings is 2. The van der Waals surface area contributed by atoms with E-state index in [9.17, 15) is 9.59 Å². The maximum Gasteiger partial charge on any atom is 0.328 e. The van der Waals surface area contributed by atoms with Crippen molar-refractivity contribution in [2.75, 3.05) is 6.54 Å². The molecule has 0 aliphatic carbocycles. The number of fused-ring (bicyclic) bond motifs is 1. The highest BCUT2D eigenvalue weighted by Gasteiger charge is 2.32. The number of hydrogen-bond acceptors (Lipinski definition) is 4. The lowest BCUT2D eigenvalue weighted by Crippen LogP contribution is -2.29. The number of nitrogens with zero attached hydrogens (tertiary/aromatic N) is 4. The van der Waals surface area contributed by atoms with Gasteiger partial charge in [-0.15, -0.1) is 0 Å². The van der Waals surface area contributed by atoms with Crippen LogP contribution in [0.1, 0.15) is 24.5 Å². The highest BCUT2D eigenvalue weighted by molar-refractivity contribution is 8.18. The van der Waals surface area contributed by atoms with E-state index >= 15 is 0 Å². The number of carbonyl (C=O) groups is 1. The van der Waals surface area contributed by atoms with Gasteiger partial charge in [0.2, 0.25) is 0 Å². The molecule has 1 aliphatic rings. The first kappa shape index (κ1) is 20.2. The minimum absolute atomic E-state index is 0.0326. The first-order chi connectivity index (χ1) is 14.4. The summed E-state index contributed by atoms with van der Waals surface area (Å²) in [5.41, 5.74) is 4.52. The van der Waals surface area contributed by atoms with Gasteiger partial charge in [0.15, 0.2) is 5.17 Å². The largest absolute Gasteiger partial charge is 0.328 e. The van der Waals surface area contributed by atoms with Crippen LogP contribution in [-0.2, 0) is 18.9 Å². The van der Waals surface area contributed by atoms with Gasteiger partial charge in [-0.1, -0.05) is 30.7 Å². The van der Waals surface area contributed by atoms with Crippen molar-refractivity contribution in [3.8, 4) is 0 Å².